The topological polar surface area (TPSA) is 132 Å². The zero-order valence-electron chi connectivity index (χ0n) is 22.6. The lowest BCUT2D eigenvalue weighted by Crippen LogP contribution is -2.59. The molecule has 5 rings (SSSR count). The maximum absolute atomic E-state index is 14.2. The van der Waals surface area contributed by atoms with Crippen molar-refractivity contribution < 1.29 is 28.7 Å². The van der Waals surface area contributed by atoms with Gasteiger partial charge in [0.15, 0.2) is 5.78 Å². The third-order valence-corrected chi connectivity index (χ3v) is 9.29. The lowest BCUT2D eigenvalue weighted by molar-refractivity contribution is -0.143. The van der Waals surface area contributed by atoms with Crippen LogP contribution in [0.25, 0.3) is 10.9 Å². The number of aliphatic hydroxyl groups is 1. The summed E-state index contributed by atoms with van der Waals surface area (Å²) in [6.07, 6.45) is 4.53. The van der Waals surface area contributed by atoms with E-state index in [0.29, 0.717) is 17.4 Å². The van der Waals surface area contributed by atoms with Gasteiger partial charge in [0.2, 0.25) is 11.8 Å². The molecule has 1 aromatic heterocycles. The number of likely N-dealkylation sites (tertiary alicyclic amines) is 1. The summed E-state index contributed by atoms with van der Waals surface area (Å²) in [5, 5.41) is 15.1. The van der Waals surface area contributed by atoms with Crippen molar-refractivity contribution in [3.05, 3.63) is 35.8 Å². The number of nitrogens with zero attached hydrogens (tertiary/aromatic N) is 1. The lowest BCUT2D eigenvalue weighted by Gasteiger charge is -2.37. The molecule has 4 N–H and O–H groups in total. The van der Waals surface area contributed by atoms with E-state index in [4.69, 9.17) is 0 Å². The Bertz CT molecular complexity index is 1300. The Morgan fingerprint density at radius 3 is 2.54 bits per heavy atom. The first kappa shape index (κ1) is 27.3. The van der Waals surface area contributed by atoms with E-state index in [1.807, 2.05) is 0 Å². The monoisotopic (exact) mass is 540 g/mol. The van der Waals surface area contributed by atoms with Crippen molar-refractivity contribution in [2.24, 2.45) is 23.2 Å². The van der Waals surface area contributed by atoms with Gasteiger partial charge in [-0.2, -0.15) is 0 Å². The van der Waals surface area contributed by atoms with Crippen molar-refractivity contribution >= 4 is 34.4 Å². The molecule has 2 saturated carbocycles. The normalized spacial score (nSPS) is 25.6. The Labute approximate surface area is 226 Å². The van der Waals surface area contributed by atoms with Crippen LogP contribution in [-0.2, 0) is 14.4 Å². The van der Waals surface area contributed by atoms with Crippen LogP contribution in [0, 0.1) is 29.0 Å². The number of hydrogen-bond donors (Lipinski definition) is 4. The Morgan fingerprint density at radius 2 is 1.87 bits per heavy atom. The highest BCUT2D eigenvalue weighted by Gasteiger charge is 2.69. The second kappa shape index (κ2) is 10.4. The molecule has 0 spiro atoms. The summed E-state index contributed by atoms with van der Waals surface area (Å²) in [6.45, 7) is 5.37. The molecule has 0 bridgehead atoms. The fourth-order valence-corrected chi connectivity index (χ4v) is 6.82. The predicted molar refractivity (Wildman–Crippen MR) is 142 cm³/mol. The fraction of sp³-hybridized carbons (Fsp3) is 0.586. The quantitative estimate of drug-likeness (QED) is 0.409. The smallest absolute Gasteiger partial charge is 0.268 e. The zero-order chi connectivity index (χ0) is 28.1. The van der Waals surface area contributed by atoms with Crippen molar-refractivity contribution in [3.63, 3.8) is 0 Å². The second-order valence-corrected chi connectivity index (χ2v) is 12.0. The van der Waals surface area contributed by atoms with E-state index in [0.717, 1.165) is 32.1 Å². The summed E-state index contributed by atoms with van der Waals surface area (Å²) < 4.78 is 14.2. The van der Waals surface area contributed by atoms with Crippen LogP contribution in [0.5, 0.6) is 0 Å². The van der Waals surface area contributed by atoms with Gasteiger partial charge in [-0.25, -0.2) is 4.39 Å². The van der Waals surface area contributed by atoms with Crippen LogP contribution in [-0.4, -0.2) is 69.8 Å². The molecule has 3 amide bonds. The second-order valence-electron chi connectivity index (χ2n) is 12.0. The number of benzene rings is 1. The Kier molecular flexibility index (Phi) is 7.26. The first-order chi connectivity index (χ1) is 18.5. The zero-order valence-corrected chi connectivity index (χ0v) is 22.6. The number of fused-ring (bicyclic) bond motifs is 2. The number of rotatable bonds is 8. The molecule has 9 nitrogen and oxygen atoms in total. The largest absolute Gasteiger partial charge is 0.389 e. The predicted octanol–water partition coefficient (Wildman–Crippen LogP) is 2.53. The number of Topliss-reactive ketones (excluding diaryl/α,β-unsaturated/α-hetero) is 1. The third-order valence-electron chi connectivity index (χ3n) is 9.29. The van der Waals surface area contributed by atoms with Crippen molar-refractivity contribution in [1.29, 1.82) is 0 Å². The molecule has 0 unspecified atom stereocenters. The van der Waals surface area contributed by atoms with Crippen LogP contribution < -0.4 is 10.6 Å². The first-order valence-electron chi connectivity index (χ1n) is 13.9. The van der Waals surface area contributed by atoms with Gasteiger partial charge in [-0.05, 0) is 61.1 Å². The summed E-state index contributed by atoms with van der Waals surface area (Å²) in [5.41, 5.74) is 0.534. The molecule has 1 aromatic carbocycles. The summed E-state index contributed by atoms with van der Waals surface area (Å²) in [6, 6.07) is 3.54. The number of H-pyrrole nitrogens is 1. The number of nitrogens with one attached hydrogen (secondary N) is 3. The maximum Gasteiger partial charge on any atom is 0.268 e. The maximum atomic E-state index is 14.2. The van der Waals surface area contributed by atoms with E-state index in [2.05, 4.69) is 29.5 Å². The highest BCUT2D eigenvalue weighted by molar-refractivity contribution is 6.01. The number of aromatic nitrogens is 1. The van der Waals surface area contributed by atoms with Crippen molar-refractivity contribution in [2.75, 3.05) is 13.2 Å². The fourth-order valence-electron chi connectivity index (χ4n) is 6.82. The van der Waals surface area contributed by atoms with Crippen LogP contribution in [0.1, 0.15) is 63.4 Å². The highest BCUT2D eigenvalue weighted by Crippen LogP contribution is 2.65. The average molecular weight is 541 g/mol. The Morgan fingerprint density at radius 1 is 1.15 bits per heavy atom. The minimum Gasteiger partial charge on any atom is -0.389 e. The van der Waals surface area contributed by atoms with Gasteiger partial charge in [0, 0.05) is 17.4 Å². The van der Waals surface area contributed by atoms with Gasteiger partial charge in [0.25, 0.3) is 5.91 Å². The summed E-state index contributed by atoms with van der Waals surface area (Å²) in [4.78, 5) is 57.4. The number of hydrogen-bond acceptors (Lipinski definition) is 5. The van der Waals surface area contributed by atoms with Gasteiger partial charge in [0.05, 0.1) is 6.04 Å². The molecule has 1 saturated heterocycles. The van der Waals surface area contributed by atoms with Crippen LogP contribution >= 0.6 is 0 Å². The number of aliphatic hydroxyl groups excluding tert-OH is 1. The number of carbonyl (C=O) groups is 4. The van der Waals surface area contributed by atoms with Crippen LogP contribution in [0.3, 0.4) is 0 Å². The standard InChI is InChI=1S/C29H37FN4O5/c1-15(22(36)14-35)31-27(38)25-23-18(29(23,2)3)13-34(25)28(39)24(16-8-5-4-6-9-16)33-26(37)21-12-17-19(30)10-7-11-20(17)32-21/h7,10-12,15-16,18,23-25,32,35H,4-6,8-9,13-14H2,1-3H3,(H,31,38)(H,33,37)/t15-,18-,23-,24-,25-/m0/s1. The Balaban J connectivity index is 1.40. The van der Waals surface area contributed by atoms with Crippen LogP contribution in [0.15, 0.2) is 24.3 Å². The molecular weight excluding hydrogens is 503 g/mol. The van der Waals surface area contributed by atoms with E-state index < -0.39 is 48.1 Å². The summed E-state index contributed by atoms with van der Waals surface area (Å²) >= 11 is 0. The van der Waals surface area contributed by atoms with E-state index in [1.165, 1.54) is 19.1 Å². The third kappa shape index (κ3) is 4.95. The number of amides is 3. The van der Waals surface area contributed by atoms with Gasteiger partial charge >= 0.3 is 0 Å². The van der Waals surface area contributed by atoms with Gasteiger partial charge < -0.3 is 25.6 Å². The summed E-state index contributed by atoms with van der Waals surface area (Å²) in [7, 11) is 0. The van der Waals surface area contributed by atoms with Crippen molar-refractivity contribution in [2.45, 2.75) is 71.0 Å². The molecule has 0 radical (unpaired) electrons. The molecule has 10 heteroatoms. The molecule has 2 aliphatic carbocycles. The van der Waals surface area contributed by atoms with Gasteiger partial charge in [0.1, 0.15) is 30.2 Å². The summed E-state index contributed by atoms with van der Waals surface area (Å²) in [5.74, 6) is -2.17. The molecule has 5 atom stereocenters. The molecule has 39 heavy (non-hydrogen) atoms. The minimum absolute atomic E-state index is 0.0581. The lowest BCUT2D eigenvalue weighted by atomic mass is 9.83. The highest BCUT2D eigenvalue weighted by atomic mass is 19.1. The molecule has 1 aliphatic heterocycles. The van der Waals surface area contributed by atoms with Gasteiger partial charge in [-0.3, -0.25) is 19.2 Å². The van der Waals surface area contributed by atoms with E-state index in [1.54, 1.807) is 17.0 Å². The number of ketones is 1. The first-order valence-corrected chi connectivity index (χ1v) is 13.9. The molecule has 3 aliphatic rings. The molecule has 2 aromatic rings. The van der Waals surface area contributed by atoms with Crippen LogP contribution in [0.2, 0.25) is 0 Å². The number of piperidine rings is 1. The SMILES string of the molecule is C[C@H](NC(=O)[C@@H]1[C@@H]2[C@H](CN1C(=O)[C@@H](NC(=O)c1cc3c(F)cccc3[nH]1)C1CCCCC1)C2(C)C)C(=O)CO. The van der Waals surface area contributed by atoms with Crippen molar-refractivity contribution in [1.82, 2.24) is 20.5 Å². The Hall–Kier alpha value is -3.27. The molecule has 2 heterocycles. The van der Waals surface area contributed by atoms with E-state index in [-0.39, 0.29) is 34.8 Å². The average Bonchev–Trinajstić information content (AvgIpc) is 3.31. The van der Waals surface area contributed by atoms with E-state index in [9.17, 15) is 28.7 Å². The molecular formula is C29H37FN4O5. The number of aromatic amines is 1. The van der Waals surface area contributed by atoms with Gasteiger partial charge in [-0.1, -0.05) is 39.2 Å². The van der Waals surface area contributed by atoms with E-state index >= 15 is 0 Å². The van der Waals surface area contributed by atoms with Gasteiger partial charge in [-0.15, -0.1) is 0 Å². The van der Waals surface area contributed by atoms with Crippen molar-refractivity contribution in [3.8, 4) is 0 Å². The molecule has 3 fully saturated rings. The minimum atomic E-state index is -0.878. The number of halogens is 1. The van der Waals surface area contributed by atoms with Crippen LogP contribution in [0.4, 0.5) is 4.39 Å². The number of carbonyl (C=O) groups excluding carboxylic acids is 4. The molecule has 210 valence electrons.